The van der Waals surface area contributed by atoms with Crippen molar-refractivity contribution in [3.8, 4) is 0 Å². The molecule has 4 N–H and O–H groups in total. The van der Waals surface area contributed by atoms with Crippen molar-refractivity contribution >= 4 is 5.91 Å². The van der Waals surface area contributed by atoms with Gasteiger partial charge in [-0.3, -0.25) is 4.79 Å². The Morgan fingerprint density at radius 1 is 1.62 bits per heavy atom. The first kappa shape index (κ1) is 13.2. The van der Waals surface area contributed by atoms with Gasteiger partial charge in [-0.2, -0.15) is 0 Å². The smallest absolute Gasteiger partial charge is 0.227 e. The van der Waals surface area contributed by atoms with E-state index in [0.717, 1.165) is 12.8 Å². The monoisotopic (exact) mass is 226 g/mol. The maximum Gasteiger partial charge on any atom is 0.227 e. The predicted octanol–water partition coefficient (Wildman–Crippen LogP) is 0.415. The first-order valence-corrected chi connectivity index (χ1v) is 5.99. The van der Waals surface area contributed by atoms with Crippen molar-refractivity contribution in [3.05, 3.63) is 12.2 Å². The number of nitrogens with one attached hydrogen (secondary N) is 1. The van der Waals surface area contributed by atoms with E-state index in [4.69, 9.17) is 10.8 Å². The molecule has 1 aliphatic carbocycles. The van der Waals surface area contributed by atoms with E-state index < -0.39 is 0 Å². The Balaban J connectivity index is 2.26. The largest absolute Gasteiger partial charge is 0.396 e. The van der Waals surface area contributed by atoms with Gasteiger partial charge in [-0.1, -0.05) is 25.5 Å². The van der Waals surface area contributed by atoms with Gasteiger partial charge in [-0.05, 0) is 18.8 Å². The zero-order valence-electron chi connectivity index (χ0n) is 9.86. The molecule has 0 bridgehead atoms. The van der Waals surface area contributed by atoms with E-state index in [1.807, 2.05) is 12.2 Å². The number of rotatable bonds is 6. The topological polar surface area (TPSA) is 75.3 Å². The van der Waals surface area contributed by atoms with Crippen LogP contribution in [0.5, 0.6) is 0 Å². The molecule has 16 heavy (non-hydrogen) atoms. The molecule has 0 fully saturated rings. The molecule has 0 radical (unpaired) electrons. The lowest BCUT2D eigenvalue weighted by atomic mass is 10.0. The zero-order chi connectivity index (χ0) is 12.0. The van der Waals surface area contributed by atoms with Crippen LogP contribution in [0.4, 0.5) is 0 Å². The molecule has 0 spiro atoms. The lowest BCUT2D eigenvalue weighted by Crippen LogP contribution is -2.34. The number of hydrogen-bond donors (Lipinski definition) is 3. The summed E-state index contributed by atoms with van der Waals surface area (Å²) in [6, 6.07) is 0.0233. The van der Waals surface area contributed by atoms with E-state index in [-0.39, 0.29) is 24.5 Å². The fourth-order valence-electron chi connectivity index (χ4n) is 1.93. The molecule has 1 rings (SSSR count). The Morgan fingerprint density at radius 3 is 2.88 bits per heavy atom. The highest BCUT2D eigenvalue weighted by atomic mass is 16.3. The van der Waals surface area contributed by atoms with Crippen LogP contribution < -0.4 is 11.1 Å². The Hall–Kier alpha value is -0.870. The minimum absolute atomic E-state index is 0.0233. The van der Waals surface area contributed by atoms with Crippen LogP contribution in [0.15, 0.2) is 12.2 Å². The van der Waals surface area contributed by atoms with Crippen LogP contribution in [0.25, 0.3) is 0 Å². The van der Waals surface area contributed by atoms with Gasteiger partial charge < -0.3 is 16.2 Å². The number of aliphatic hydroxyl groups is 1. The van der Waals surface area contributed by atoms with Crippen LogP contribution in [0.3, 0.4) is 0 Å². The van der Waals surface area contributed by atoms with Crippen molar-refractivity contribution in [2.75, 3.05) is 13.2 Å². The first-order chi connectivity index (χ1) is 7.67. The number of amides is 1. The summed E-state index contributed by atoms with van der Waals surface area (Å²) in [6.45, 7) is 2.90. The Morgan fingerprint density at radius 2 is 2.38 bits per heavy atom. The maximum atomic E-state index is 11.7. The van der Waals surface area contributed by atoms with Crippen LogP contribution in [-0.2, 0) is 4.79 Å². The summed E-state index contributed by atoms with van der Waals surface area (Å²) in [5.41, 5.74) is 5.69. The van der Waals surface area contributed by atoms with E-state index >= 15 is 0 Å². The highest BCUT2D eigenvalue weighted by Crippen LogP contribution is 2.16. The quantitative estimate of drug-likeness (QED) is 0.574. The molecular formula is C12H22N2O2. The highest BCUT2D eigenvalue weighted by molar-refractivity contribution is 5.81. The molecule has 0 heterocycles. The van der Waals surface area contributed by atoms with Crippen molar-refractivity contribution < 1.29 is 9.90 Å². The van der Waals surface area contributed by atoms with Gasteiger partial charge in [0.05, 0.1) is 5.92 Å². The van der Waals surface area contributed by atoms with E-state index in [9.17, 15) is 4.79 Å². The highest BCUT2D eigenvalue weighted by Gasteiger charge is 2.22. The normalized spacial score (nSPS) is 25.7. The van der Waals surface area contributed by atoms with Gasteiger partial charge in [0.1, 0.15) is 0 Å². The van der Waals surface area contributed by atoms with Crippen molar-refractivity contribution in [1.82, 2.24) is 5.32 Å². The van der Waals surface area contributed by atoms with Crippen LogP contribution in [0.1, 0.15) is 26.2 Å². The first-order valence-electron chi connectivity index (χ1n) is 5.99. The Kier molecular flexibility index (Phi) is 5.49. The van der Waals surface area contributed by atoms with Crippen LogP contribution >= 0.6 is 0 Å². The second-order valence-corrected chi connectivity index (χ2v) is 4.42. The van der Waals surface area contributed by atoms with E-state index in [1.165, 1.54) is 0 Å². The van der Waals surface area contributed by atoms with Crippen LogP contribution in [-0.4, -0.2) is 30.2 Å². The zero-order valence-corrected chi connectivity index (χ0v) is 9.86. The molecular weight excluding hydrogens is 204 g/mol. The second kappa shape index (κ2) is 6.66. The van der Waals surface area contributed by atoms with Gasteiger partial charge in [0.15, 0.2) is 0 Å². The average molecular weight is 226 g/mol. The van der Waals surface area contributed by atoms with Crippen molar-refractivity contribution in [2.45, 2.75) is 32.2 Å². The molecule has 0 aromatic heterocycles. The number of nitrogens with two attached hydrogens (primary N) is 1. The third-order valence-corrected chi connectivity index (χ3v) is 3.13. The number of carbonyl (C=O) groups is 1. The minimum Gasteiger partial charge on any atom is -0.396 e. The third kappa shape index (κ3) is 3.94. The summed E-state index contributed by atoms with van der Waals surface area (Å²) in [4.78, 5) is 11.7. The number of carbonyl (C=O) groups excluding carboxylic acids is 1. The molecule has 4 nitrogen and oxygen atoms in total. The van der Waals surface area contributed by atoms with Crippen LogP contribution in [0, 0.1) is 11.8 Å². The molecule has 0 saturated heterocycles. The van der Waals surface area contributed by atoms with Gasteiger partial charge in [-0.15, -0.1) is 0 Å². The summed E-state index contributed by atoms with van der Waals surface area (Å²) < 4.78 is 0. The molecule has 4 heteroatoms. The maximum absolute atomic E-state index is 11.7. The number of aliphatic hydroxyl groups excluding tert-OH is 1. The van der Waals surface area contributed by atoms with Crippen molar-refractivity contribution in [3.63, 3.8) is 0 Å². The Labute approximate surface area is 96.9 Å². The van der Waals surface area contributed by atoms with Gasteiger partial charge in [0, 0.05) is 19.2 Å². The predicted molar refractivity (Wildman–Crippen MR) is 63.7 cm³/mol. The van der Waals surface area contributed by atoms with Gasteiger partial charge in [0.2, 0.25) is 5.91 Å². The number of hydrogen-bond acceptors (Lipinski definition) is 3. The molecule has 0 aliphatic heterocycles. The van der Waals surface area contributed by atoms with E-state index in [1.54, 1.807) is 0 Å². The third-order valence-electron chi connectivity index (χ3n) is 3.13. The van der Waals surface area contributed by atoms with Gasteiger partial charge >= 0.3 is 0 Å². The summed E-state index contributed by atoms with van der Waals surface area (Å²) >= 11 is 0. The average Bonchev–Trinajstić information content (AvgIpc) is 2.70. The second-order valence-electron chi connectivity index (χ2n) is 4.42. The Bertz CT molecular complexity index is 253. The van der Waals surface area contributed by atoms with Gasteiger partial charge in [-0.25, -0.2) is 0 Å². The molecule has 3 atom stereocenters. The lowest BCUT2D eigenvalue weighted by Gasteiger charge is -2.16. The molecule has 92 valence electrons. The van der Waals surface area contributed by atoms with E-state index in [0.29, 0.717) is 18.9 Å². The fraction of sp³-hybridized carbons (Fsp3) is 0.750. The van der Waals surface area contributed by atoms with Crippen molar-refractivity contribution in [1.29, 1.82) is 0 Å². The lowest BCUT2D eigenvalue weighted by molar-refractivity contribution is -0.123. The fourth-order valence-corrected chi connectivity index (χ4v) is 1.93. The van der Waals surface area contributed by atoms with Crippen molar-refractivity contribution in [2.24, 2.45) is 17.6 Å². The minimum atomic E-state index is -0.0679. The molecule has 0 aromatic rings. The SMILES string of the molecule is CCC(CCO)CNC(=O)C1C=CC(N)C1. The summed E-state index contributed by atoms with van der Waals surface area (Å²) in [5.74, 6) is 0.357. The van der Waals surface area contributed by atoms with Gasteiger partial charge in [0.25, 0.3) is 0 Å². The summed E-state index contributed by atoms with van der Waals surface area (Å²) in [6.07, 6.45) is 6.20. The molecule has 0 aromatic carbocycles. The molecule has 0 saturated carbocycles. The summed E-state index contributed by atoms with van der Waals surface area (Å²) in [7, 11) is 0. The summed E-state index contributed by atoms with van der Waals surface area (Å²) in [5, 5.41) is 11.8. The van der Waals surface area contributed by atoms with E-state index in [2.05, 4.69) is 12.2 Å². The molecule has 1 amide bonds. The molecule has 1 aliphatic rings. The van der Waals surface area contributed by atoms with Crippen LogP contribution in [0.2, 0.25) is 0 Å². The molecule has 3 unspecified atom stereocenters. The standard InChI is InChI=1S/C12H22N2O2/c1-2-9(5-6-15)8-14-12(16)10-3-4-11(13)7-10/h3-4,9-11,15H,2,5-8,13H2,1H3,(H,14,16).